The number of halogens is 1. The molecule has 0 spiro atoms. The van der Waals surface area contributed by atoms with Gasteiger partial charge in [0.2, 0.25) is 0 Å². The molecular weight excluding hydrogens is 352 g/mol. The predicted octanol–water partition coefficient (Wildman–Crippen LogP) is 2.94. The van der Waals surface area contributed by atoms with Crippen LogP contribution in [0.1, 0.15) is 0 Å². The number of hydrogen-bond acceptors (Lipinski definition) is 6. The first-order valence-electron chi connectivity index (χ1n) is 8.02. The molecule has 0 amide bonds. The van der Waals surface area contributed by atoms with Crippen molar-refractivity contribution in [1.82, 2.24) is 24.5 Å². The summed E-state index contributed by atoms with van der Waals surface area (Å²) < 4.78 is 1.93. The third-order valence-electron chi connectivity index (χ3n) is 3.84. The number of fused-ring (bicyclic) bond motifs is 1. The Morgan fingerprint density at radius 2 is 1.96 bits per heavy atom. The zero-order valence-corrected chi connectivity index (χ0v) is 14.4. The summed E-state index contributed by atoms with van der Waals surface area (Å²) in [7, 11) is 0. The van der Waals surface area contributed by atoms with E-state index >= 15 is 0 Å². The highest BCUT2D eigenvalue weighted by Gasteiger charge is 2.15. The number of aromatic nitrogens is 5. The van der Waals surface area contributed by atoms with Crippen LogP contribution in [0.25, 0.3) is 28.2 Å². The fourth-order valence-electron chi connectivity index (χ4n) is 2.66. The van der Waals surface area contributed by atoms with Crippen LogP contribution in [0.15, 0.2) is 55.1 Å². The average Bonchev–Trinajstić information content (AvgIpc) is 3.07. The maximum atomic E-state index is 8.90. The van der Waals surface area contributed by atoms with E-state index in [4.69, 9.17) is 21.7 Å². The lowest BCUT2D eigenvalue weighted by atomic mass is 10.2. The summed E-state index contributed by atoms with van der Waals surface area (Å²) in [5.41, 5.74) is 2.50. The monoisotopic (exact) mass is 366 g/mol. The third kappa shape index (κ3) is 3.10. The van der Waals surface area contributed by atoms with E-state index in [9.17, 15) is 0 Å². The van der Waals surface area contributed by atoms with E-state index in [2.05, 4.69) is 20.3 Å². The Kier molecular flexibility index (Phi) is 4.47. The number of nitrogens with zero attached hydrogens (tertiary/aromatic N) is 5. The fraction of sp³-hybridized carbons (Fsp3) is 0.111. The Balaban J connectivity index is 1.84. The van der Waals surface area contributed by atoms with E-state index in [0.29, 0.717) is 29.0 Å². The van der Waals surface area contributed by atoms with Crippen molar-refractivity contribution in [2.75, 3.05) is 18.5 Å². The van der Waals surface area contributed by atoms with Crippen molar-refractivity contribution in [2.45, 2.75) is 0 Å². The molecule has 26 heavy (non-hydrogen) atoms. The Hall–Kier alpha value is -3.03. The van der Waals surface area contributed by atoms with Crippen LogP contribution in [0.3, 0.4) is 0 Å². The molecule has 0 saturated carbocycles. The lowest BCUT2D eigenvalue weighted by molar-refractivity contribution is 0.311. The maximum absolute atomic E-state index is 8.90. The van der Waals surface area contributed by atoms with E-state index in [1.54, 1.807) is 30.9 Å². The molecule has 130 valence electrons. The molecule has 0 fully saturated rings. The van der Waals surface area contributed by atoms with Crippen molar-refractivity contribution in [3.05, 3.63) is 60.1 Å². The largest absolute Gasteiger partial charge is 0.395 e. The quantitative estimate of drug-likeness (QED) is 0.564. The minimum absolute atomic E-state index is 0.0501. The van der Waals surface area contributed by atoms with Crippen molar-refractivity contribution in [2.24, 2.45) is 0 Å². The fourth-order valence-corrected chi connectivity index (χ4v) is 2.78. The van der Waals surface area contributed by atoms with Gasteiger partial charge in [0, 0.05) is 30.7 Å². The second-order valence-corrected chi connectivity index (χ2v) is 5.99. The molecule has 0 saturated heterocycles. The Morgan fingerprint density at radius 3 is 2.69 bits per heavy atom. The number of rotatable bonds is 5. The number of aliphatic hydroxyl groups excluding tert-OH is 1. The lowest BCUT2D eigenvalue weighted by Crippen LogP contribution is -2.06. The minimum atomic E-state index is 0.0501. The summed E-state index contributed by atoms with van der Waals surface area (Å²) >= 11 is 5.97. The molecule has 4 aromatic rings. The predicted molar refractivity (Wildman–Crippen MR) is 100 cm³/mol. The second kappa shape index (κ2) is 7.07. The molecular formula is C18H15ClN6O. The van der Waals surface area contributed by atoms with Gasteiger partial charge >= 0.3 is 0 Å². The van der Waals surface area contributed by atoms with E-state index in [1.807, 2.05) is 28.8 Å². The summed E-state index contributed by atoms with van der Waals surface area (Å²) in [6, 6.07) is 9.26. The van der Waals surface area contributed by atoms with Crippen LogP contribution < -0.4 is 5.32 Å². The Bertz CT molecular complexity index is 1030. The normalized spacial score (nSPS) is 11.0. The number of imidazole rings is 1. The van der Waals surface area contributed by atoms with E-state index < -0.39 is 0 Å². The number of hydrogen-bond donors (Lipinski definition) is 2. The number of aliphatic hydroxyl groups is 1. The van der Waals surface area contributed by atoms with Gasteiger partial charge in [0.15, 0.2) is 0 Å². The van der Waals surface area contributed by atoms with Crippen LogP contribution >= 0.6 is 11.6 Å². The molecule has 0 radical (unpaired) electrons. The summed E-state index contributed by atoms with van der Waals surface area (Å²) in [6.45, 7) is 0.500. The molecule has 2 N–H and O–H groups in total. The summed E-state index contributed by atoms with van der Waals surface area (Å²) in [4.78, 5) is 17.7. The van der Waals surface area contributed by atoms with Crippen LogP contribution in [-0.2, 0) is 0 Å². The highest BCUT2D eigenvalue weighted by molar-refractivity contribution is 6.30. The van der Waals surface area contributed by atoms with Crippen LogP contribution in [0.2, 0.25) is 5.02 Å². The van der Waals surface area contributed by atoms with Crippen LogP contribution in [0, 0.1) is 0 Å². The van der Waals surface area contributed by atoms with Crippen LogP contribution in [-0.4, -0.2) is 42.8 Å². The number of pyridine rings is 3. The highest BCUT2D eigenvalue weighted by atomic mass is 35.5. The van der Waals surface area contributed by atoms with Gasteiger partial charge in [-0.15, -0.1) is 0 Å². The van der Waals surface area contributed by atoms with Crippen molar-refractivity contribution >= 4 is 28.5 Å². The maximum Gasteiger partial charge on any atom is 0.148 e. The van der Waals surface area contributed by atoms with Gasteiger partial charge in [-0.3, -0.25) is 9.55 Å². The molecule has 0 aromatic carbocycles. The zero-order chi connectivity index (χ0) is 17.9. The van der Waals surface area contributed by atoms with Gasteiger partial charge in [-0.1, -0.05) is 11.6 Å². The van der Waals surface area contributed by atoms with Gasteiger partial charge in [-0.2, -0.15) is 0 Å². The SMILES string of the molecule is OCCNc1ccc(-c2nc3ccncc3n2-c2ccc(Cl)cn2)cn1. The topological polar surface area (TPSA) is 88.8 Å². The third-order valence-corrected chi connectivity index (χ3v) is 4.06. The number of nitrogens with one attached hydrogen (secondary N) is 1. The lowest BCUT2D eigenvalue weighted by Gasteiger charge is -2.09. The first-order chi connectivity index (χ1) is 12.8. The Morgan fingerprint density at radius 1 is 1.04 bits per heavy atom. The van der Waals surface area contributed by atoms with Crippen molar-refractivity contribution in [3.8, 4) is 17.2 Å². The van der Waals surface area contributed by atoms with E-state index in [1.165, 1.54) is 0 Å². The molecule has 0 atom stereocenters. The van der Waals surface area contributed by atoms with Gasteiger partial charge in [-0.05, 0) is 30.3 Å². The molecule has 0 aliphatic heterocycles. The second-order valence-electron chi connectivity index (χ2n) is 5.55. The van der Waals surface area contributed by atoms with Gasteiger partial charge in [-0.25, -0.2) is 15.0 Å². The molecule has 4 rings (SSSR count). The smallest absolute Gasteiger partial charge is 0.148 e. The molecule has 0 unspecified atom stereocenters. The van der Waals surface area contributed by atoms with Crippen molar-refractivity contribution in [3.63, 3.8) is 0 Å². The first-order valence-corrected chi connectivity index (χ1v) is 8.39. The summed E-state index contributed by atoms with van der Waals surface area (Å²) in [5, 5.41) is 12.5. The van der Waals surface area contributed by atoms with Gasteiger partial charge in [0.05, 0.1) is 28.9 Å². The van der Waals surface area contributed by atoms with Crippen LogP contribution in [0.5, 0.6) is 0 Å². The van der Waals surface area contributed by atoms with Crippen molar-refractivity contribution in [1.29, 1.82) is 0 Å². The summed E-state index contributed by atoms with van der Waals surface area (Å²) in [5.74, 6) is 2.10. The van der Waals surface area contributed by atoms with E-state index in [-0.39, 0.29) is 6.61 Å². The van der Waals surface area contributed by atoms with E-state index in [0.717, 1.165) is 16.6 Å². The first kappa shape index (κ1) is 16.4. The highest BCUT2D eigenvalue weighted by Crippen LogP contribution is 2.27. The Labute approximate surface area is 154 Å². The molecule has 0 aliphatic carbocycles. The average molecular weight is 367 g/mol. The van der Waals surface area contributed by atoms with Crippen LogP contribution in [0.4, 0.5) is 5.82 Å². The molecule has 0 bridgehead atoms. The minimum Gasteiger partial charge on any atom is -0.395 e. The molecule has 0 aliphatic rings. The molecule has 7 nitrogen and oxygen atoms in total. The molecule has 4 heterocycles. The standard InChI is InChI=1S/C18H15ClN6O/c19-13-2-4-17(23-10-13)25-15-11-20-6-5-14(15)24-18(25)12-1-3-16(22-9-12)21-7-8-26/h1-6,9-11,26H,7-8H2,(H,21,22). The zero-order valence-electron chi connectivity index (χ0n) is 13.7. The van der Waals surface area contributed by atoms with Gasteiger partial charge in [0.25, 0.3) is 0 Å². The number of anilines is 1. The van der Waals surface area contributed by atoms with Gasteiger partial charge < -0.3 is 10.4 Å². The van der Waals surface area contributed by atoms with Crippen molar-refractivity contribution < 1.29 is 5.11 Å². The van der Waals surface area contributed by atoms with Gasteiger partial charge in [0.1, 0.15) is 17.5 Å². The molecule has 8 heteroatoms. The molecule has 4 aromatic heterocycles. The summed E-state index contributed by atoms with van der Waals surface area (Å²) in [6.07, 6.45) is 6.80.